The van der Waals surface area contributed by atoms with E-state index in [9.17, 15) is 0 Å². The summed E-state index contributed by atoms with van der Waals surface area (Å²) in [5.41, 5.74) is 0.743. The monoisotopic (exact) mass is 219 g/mol. The normalized spacial score (nSPS) is 9.93. The molecule has 0 aliphatic heterocycles. The highest BCUT2D eigenvalue weighted by Gasteiger charge is 2.08. The van der Waals surface area contributed by atoms with Gasteiger partial charge in [-0.3, -0.25) is 0 Å². The van der Waals surface area contributed by atoms with E-state index in [0.29, 0.717) is 21.7 Å². The van der Waals surface area contributed by atoms with Gasteiger partial charge in [0.1, 0.15) is 11.8 Å². The minimum Gasteiger partial charge on any atom is -0.497 e. The van der Waals surface area contributed by atoms with Crippen LogP contribution in [0.2, 0.25) is 5.02 Å². The molecule has 0 aliphatic rings. The van der Waals surface area contributed by atoms with Crippen LogP contribution >= 0.6 is 11.6 Å². The van der Waals surface area contributed by atoms with Crippen LogP contribution in [-0.2, 0) is 0 Å². The third-order valence-electron chi connectivity index (χ3n) is 2.01. The highest BCUT2D eigenvalue weighted by atomic mass is 35.5. The van der Waals surface area contributed by atoms with E-state index >= 15 is 0 Å². The lowest BCUT2D eigenvalue weighted by molar-refractivity contribution is 0.415. The molecule has 0 bridgehead atoms. The number of halogens is 1. The molecule has 5 heteroatoms. The fourth-order valence-electron chi connectivity index (χ4n) is 1.25. The molecule has 74 valence electrons. The molecule has 0 unspecified atom stereocenters. The predicted molar refractivity (Wildman–Crippen MR) is 55.8 cm³/mol. The summed E-state index contributed by atoms with van der Waals surface area (Å²) < 4.78 is 5.04. The van der Waals surface area contributed by atoms with Gasteiger partial charge in [0.05, 0.1) is 17.6 Å². The summed E-state index contributed by atoms with van der Waals surface area (Å²) in [6.45, 7) is 0. The lowest BCUT2D eigenvalue weighted by atomic mass is 10.2. The number of hydrogen-bond donors (Lipinski definition) is 0. The van der Waals surface area contributed by atoms with Crippen molar-refractivity contribution in [1.82, 2.24) is 10.2 Å². The van der Waals surface area contributed by atoms with Crippen molar-refractivity contribution in [3.05, 3.63) is 28.9 Å². The fraction of sp³-hybridized carbons (Fsp3) is 0.100. The van der Waals surface area contributed by atoms with Gasteiger partial charge in [0.25, 0.3) is 0 Å². The molecule has 0 radical (unpaired) electrons. The molecule has 0 N–H and O–H groups in total. The number of methoxy groups -OCH3 is 1. The second kappa shape index (κ2) is 3.71. The van der Waals surface area contributed by atoms with Crippen molar-refractivity contribution in [2.24, 2.45) is 0 Å². The van der Waals surface area contributed by atoms with Crippen LogP contribution < -0.4 is 4.74 Å². The molecular weight excluding hydrogens is 214 g/mol. The molecule has 0 saturated carbocycles. The van der Waals surface area contributed by atoms with Crippen LogP contribution in [0.3, 0.4) is 0 Å². The van der Waals surface area contributed by atoms with E-state index in [-0.39, 0.29) is 5.69 Å². The van der Waals surface area contributed by atoms with Crippen molar-refractivity contribution in [3.63, 3.8) is 0 Å². The number of aromatic nitrogens is 2. The molecule has 1 aromatic carbocycles. The van der Waals surface area contributed by atoms with Crippen LogP contribution in [0.4, 0.5) is 0 Å². The number of nitrogens with zero attached hydrogens (tertiary/aromatic N) is 3. The van der Waals surface area contributed by atoms with Crippen LogP contribution in [0, 0.1) is 11.3 Å². The highest BCUT2D eigenvalue weighted by Crippen LogP contribution is 2.26. The lowest BCUT2D eigenvalue weighted by Crippen LogP contribution is -1.92. The predicted octanol–water partition coefficient (Wildman–Crippen LogP) is 2.16. The van der Waals surface area contributed by atoms with Gasteiger partial charge in [0, 0.05) is 11.5 Å². The van der Waals surface area contributed by atoms with Gasteiger partial charge in [-0.05, 0) is 12.1 Å². The van der Waals surface area contributed by atoms with Gasteiger partial charge in [-0.15, -0.1) is 10.2 Å². The molecule has 2 aromatic rings. The van der Waals surface area contributed by atoms with E-state index in [1.807, 2.05) is 6.07 Å². The maximum Gasteiger partial charge on any atom is 0.182 e. The summed E-state index contributed by atoms with van der Waals surface area (Å²) >= 11 is 5.97. The minimum atomic E-state index is 0.134. The average molecular weight is 220 g/mol. The second-order valence-electron chi connectivity index (χ2n) is 2.86. The number of ether oxygens (including phenoxy) is 1. The third-order valence-corrected chi connectivity index (χ3v) is 2.40. The Labute approximate surface area is 91.1 Å². The zero-order chi connectivity index (χ0) is 10.8. The van der Waals surface area contributed by atoms with Crippen molar-refractivity contribution in [2.45, 2.75) is 0 Å². The molecule has 4 nitrogen and oxygen atoms in total. The van der Waals surface area contributed by atoms with Gasteiger partial charge >= 0.3 is 0 Å². The van der Waals surface area contributed by atoms with Gasteiger partial charge in [0.15, 0.2) is 5.69 Å². The molecule has 0 amide bonds. The zero-order valence-corrected chi connectivity index (χ0v) is 8.62. The first-order valence-electron chi connectivity index (χ1n) is 4.16. The maximum atomic E-state index is 8.72. The molecule has 0 atom stereocenters. The summed E-state index contributed by atoms with van der Waals surface area (Å²) in [5.74, 6) is 0.678. The van der Waals surface area contributed by atoms with Crippen LogP contribution in [-0.4, -0.2) is 17.3 Å². The van der Waals surface area contributed by atoms with E-state index < -0.39 is 0 Å². The number of fused-ring (bicyclic) bond motifs is 1. The van der Waals surface area contributed by atoms with Crippen LogP contribution in [0.25, 0.3) is 10.9 Å². The average Bonchev–Trinajstić information content (AvgIpc) is 2.29. The summed E-state index contributed by atoms with van der Waals surface area (Å²) in [6.07, 6.45) is 0. The molecule has 1 heterocycles. The Morgan fingerprint density at radius 3 is 2.87 bits per heavy atom. The van der Waals surface area contributed by atoms with Gasteiger partial charge in [-0.2, -0.15) is 5.26 Å². The smallest absolute Gasteiger partial charge is 0.182 e. The quantitative estimate of drug-likeness (QED) is 0.738. The summed E-state index contributed by atoms with van der Waals surface area (Å²) in [6, 6.07) is 7.11. The van der Waals surface area contributed by atoms with Gasteiger partial charge in [-0.1, -0.05) is 11.6 Å². The summed E-state index contributed by atoms with van der Waals surface area (Å²) in [7, 11) is 1.57. The van der Waals surface area contributed by atoms with Crippen LogP contribution in [0.1, 0.15) is 5.69 Å². The van der Waals surface area contributed by atoms with E-state index in [2.05, 4.69) is 10.2 Å². The maximum absolute atomic E-state index is 8.72. The van der Waals surface area contributed by atoms with E-state index in [4.69, 9.17) is 21.6 Å². The van der Waals surface area contributed by atoms with Crippen LogP contribution in [0.5, 0.6) is 5.75 Å². The van der Waals surface area contributed by atoms with Crippen molar-refractivity contribution >= 4 is 22.5 Å². The van der Waals surface area contributed by atoms with Crippen molar-refractivity contribution in [3.8, 4) is 11.8 Å². The summed E-state index contributed by atoms with van der Waals surface area (Å²) in [4.78, 5) is 0. The lowest BCUT2D eigenvalue weighted by Gasteiger charge is -2.02. The topological polar surface area (TPSA) is 58.8 Å². The first kappa shape index (κ1) is 9.69. The van der Waals surface area contributed by atoms with Gasteiger partial charge < -0.3 is 4.74 Å². The number of benzene rings is 1. The molecule has 1 aromatic heterocycles. The SMILES string of the molecule is COc1ccc2c(Cl)c(C#N)nnc2c1. The molecule has 0 aliphatic carbocycles. The van der Waals surface area contributed by atoms with Crippen molar-refractivity contribution in [1.29, 1.82) is 5.26 Å². The van der Waals surface area contributed by atoms with Crippen LogP contribution in [0.15, 0.2) is 18.2 Å². The van der Waals surface area contributed by atoms with Gasteiger partial charge in [-0.25, -0.2) is 0 Å². The fourth-order valence-corrected chi connectivity index (χ4v) is 1.49. The molecule has 2 rings (SSSR count). The second-order valence-corrected chi connectivity index (χ2v) is 3.24. The van der Waals surface area contributed by atoms with E-state index in [1.165, 1.54) is 0 Å². The molecular formula is C10H6ClN3O. The Bertz CT molecular complexity index is 562. The summed E-state index contributed by atoms with van der Waals surface area (Å²) in [5, 5.41) is 17.3. The van der Waals surface area contributed by atoms with E-state index in [0.717, 1.165) is 0 Å². The van der Waals surface area contributed by atoms with E-state index in [1.54, 1.807) is 25.3 Å². The van der Waals surface area contributed by atoms with Crippen molar-refractivity contribution in [2.75, 3.05) is 7.11 Å². The Kier molecular flexibility index (Phi) is 2.40. The molecule has 0 fully saturated rings. The largest absolute Gasteiger partial charge is 0.497 e. The zero-order valence-electron chi connectivity index (χ0n) is 7.86. The number of nitriles is 1. The highest BCUT2D eigenvalue weighted by molar-refractivity contribution is 6.36. The Hall–Kier alpha value is -1.86. The third kappa shape index (κ3) is 1.58. The molecule has 0 spiro atoms. The molecule has 15 heavy (non-hydrogen) atoms. The first-order chi connectivity index (χ1) is 7.26. The molecule has 0 saturated heterocycles. The number of hydrogen-bond acceptors (Lipinski definition) is 4. The Balaban J connectivity index is 2.75. The number of rotatable bonds is 1. The Morgan fingerprint density at radius 1 is 1.40 bits per heavy atom. The first-order valence-corrected chi connectivity index (χ1v) is 4.54. The standard InChI is InChI=1S/C10H6ClN3O/c1-15-6-2-3-7-8(4-6)13-14-9(5-12)10(7)11/h2-4H,1H3. The Morgan fingerprint density at radius 2 is 2.20 bits per heavy atom. The minimum absolute atomic E-state index is 0.134. The van der Waals surface area contributed by atoms with Gasteiger partial charge in [0.2, 0.25) is 0 Å². The van der Waals surface area contributed by atoms with Crippen molar-refractivity contribution < 1.29 is 4.74 Å².